The van der Waals surface area contributed by atoms with Crippen molar-refractivity contribution >= 4 is 11.6 Å². The van der Waals surface area contributed by atoms with Gasteiger partial charge in [-0.3, -0.25) is 15.1 Å². The Hall–Kier alpha value is -1.36. The molecule has 0 fully saturated rings. The third kappa shape index (κ3) is 3.18. The first-order valence-corrected chi connectivity index (χ1v) is 4.53. The van der Waals surface area contributed by atoms with E-state index < -0.39 is 0 Å². The summed E-state index contributed by atoms with van der Waals surface area (Å²) in [6, 6.07) is 0. The molecule has 0 unspecified atom stereocenters. The number of primary amides is 1. The van der Waals surface area contributed by atoms with Crippen molar-refractivity contribution in [3.8, 4) is 0 Å². The predicted octanol–water partition coefficient (Wildman–Crippen LogP) is -0.343. The number of hydrogen-bond donors (Lipinski definition) is 2. The fourth-order valence-electron chi connectivity index (χ4n) is 1.24. The molecule has 14 heavy (non-hydrogen) atoms. The second-order valence-corrected chi connectivity index (χ2v) is 3.32. The van der Waals surface area contributed by atoms with Crippen LogP contribution in [0.2, 0.25) is 0 Å². The molecule has 1 heterocycles. The van der Waals surface area contributed by atoms with Gasteiger partial charge in [-0.15, -0.1) is 0 Å². The minimum Gasteiger partial charge on any atom is -0.369 e. The summed E-state index contributed by atoms with van der Waals surface area (Å²) in [6.07, 6.45) is 2.01. The molecule has 0 saturated carbocycles. The first-order chi connectivity index (χ1) is 6.59. The Bertz CT molecular complexity index is 283. The summed E-state index contributed by atoms with van der Waals surface area (Å²) >= 11 is 0. The summed E-state index contributed by atoms with van der Waals surface area (Å²) in [7, 11) is 0. The van der Waals surface area contributed by atoms with Crippen molar-refractivity contribution in [2.45, 2.75) is 13.8 Å². The second kappa shape index (κ2) is 4.76. The van der Waals surface area contributed by atoms with Gasteiger partial charge in [0.25, 0.3) is 0 Å². The number of allylic oxidation sites excluding steroid dienone is 2. The highest BCUT2D eigenvalue weighted by Gasteiger charge is 2.08. The van der Waals surface area contributed by atoms with E-state index in [1.165, 1.54) is 0 Å². The minimum atomic E-state index is -0.344. The molecule has 1 aliphatic rings. The van der Waals surface area contributed by atoms with Crippen LogP contribution in [0.1, 0.15) is 13.8 Å². The number of nitrogens with one attached hydrogen (secondary N) is 1. The van der Waals surface area contributed by atoms with Crippen molar-refractivity contribution in [2.75, 3.05) is 19.9 Å². The monoisotopic (exact) mass is 196 g/mol. The standard InChI is InChI=1S/C9H16N4O/c1-7-3-8(2)13(6-12-7)5-11-4-9(10)14/h3,11H,4-6H2,1-2H3,(H2,10,14). The van der Waals surface area contributed by atoms with Gasteiger partial charge in [-0.2, -0.15) is 0 Å². The average molecular weight is 196 g/mol. The largest absolute Gasteiger partial charge is 0.369 e. The fourth-order valence-corrected chi connectivity index (χ4v) is 1.24. The molecule has 5 heteroatoms. The molecular weight excluding hydrogens is 180 g/mol. The number of rotatable bonds is 4. The smallest absolute Gasteiger partial charge is 0.231 e. The lowest BCUT2D eigenvalue weighted by atomic mass is 10.3. The normalized spacial score (nSPS) is 16.3. The van der Waals surface area contributed by atoms with Crippen LogP contribution in [0.5, 0.6) is 0 Å². The Morgan fingerprint density at radius 1 is 1.71 bits per heavy atom. The molecule has 0 radical (unpaired) electrons. The van der Waals surface area contributed by atoms with Gasteiger partial charge in [0.1, 0.15) is 6.67 Å². The predicted molar refractivity (Wildman–Crippen MR) is 55.6 cm³/mol. The fraction of sp³-hybridized carbons (Fsp3) is 0.556. The van der Waals surface area contributed by atoms with E-state index in [9.17, 15) is 4.79 Å². The Kier molecular flexibility index (Phi) is 3.64. The molecule has 0 aromatic carbocycles. The first kappa shape index (κ1) is 10.7. The highest BCUT2D eigenvalue weighted by atomic mass is 16.1. The lowest BCUT2D eigenvalue weighted by Crippen LogP contribution is -2.39. The van der Waals surface area contributed by atoms with Gasteiger partial charge in [-0.1, -0.05) is 0 Å². The molecule has 0 aromatic heterocycles. The van der Waals surface area contributed by atoms with Crippen LogP contribution >= 0.6 is 0 Å². The summed E-state index contributed by atoms with van der Waals surface area (Å²) < 4.78 is 0. The SMILES string of the molecule is CC1=CC(C)=NCN1CNCC(N)=O. The number of aliphatic imine (C=N–C) groups is 1. The van der Waals surface area contributed by atoms with Crippen LogP contribution < -0.4 is 11.1 Å². The maximum atomic E-state index is 10.5. The van der Waals surface area contributed by atoms with Gasteiger partial charge in [0.2, 0.25) is 5.91 Å². The van der Waals surface area contributed by atoms with Crippen molar-refractivity contribution in [2.24, 2.45) is 10.7 Å². The number of amides is 1. The lowest BCUT2D eigenvalue weighted by molar-refractivity contribution is -0.117. The van der Waals surface area contributed by atoms with Gasteiger partial charge >= 0.3 is 0 Å². The number of carbonyl (C=O) groups excluding carboxylic acids is 1. The zero-order valence-corrected chi connectivity index (χ0v) is 8.58. The van der Waals surface area contributed by atoms with Crippen LogP contribution in [0.4, 0.5) is 0 Å². The molecule has 0 spiro atoms. The van der Waals surface area contributed by atoms with E-state index >= 15 is 0 Å². The summed E-state index contributed by atoms with van der Waals surface area (Å²) in [6.45, 7) is 5.43. The molecule has 1 rings (SSSR count). The molecule has 0 aromatic rings. The van der Waals surface area contributed by atoms with Crippen LogP contribution in [0.25, 0.3) is 0 Å². The van der Waals surface area contributed by atoms with Gasteiger partial charge in [-0.25, -0.2) is 0 Å². The summed E-state index contributed by atoms with van der Waals surface area (Å²) in [5.74, 6) is -0.344. The first-order valence-electron chi connectivity index (χ1n) is 4.53. The van der Waals surface area contributed by atoms with Crippen LogP contribution in [0.3, 0.4) is 0 Å². The Balaban J connectivity index is 2.34. The van der Waals surface area contributed by atoms with Gasteiger partial charge in [-0.05, 0) is 19.9 Å². The molecular formula is C9H16N4O. The Labute approximate surface area is 83.7 Å². The quantitative estimate of drug-likeness (QED) is 0.646. The number of hydrogen-bond acceptors (Lipinski definition) is 4. The molecule has 5 nitrogen and oxygen atoms in total. The minimum absolute atomic E-state index is 0.201. The van der Waals surface area contributed by atoms with E-state index in [4.69, 9.17) is 5.73 Å². The molecule has 1 amide bonds. The Morgan fingerprint density at radius 3 is 3.00 bits per heavy atom. The third-order valence-electron chi connectivity index (χ3n) is 2.01. The van der Waals surface area contributed by atoms with E-state index in [0.717, 1.165) is 11.4 Å². The molecule has 0 bridgehead atoms. The highest BCUT2D eigenvalue weighted by Crippen LogP contribution is 2.07. The van der Waals surface area contributed by atoms with Crippen molar-refractivity contribution in [3.63, 3.8) is 0 Å². The van der Waals surface area contributed by atoms with Crippen LogP contribution in [-0.2, 0) is 4.79 Å². The van der Waals surface area contributed by atoms with Crippen LogP contribution in [0.15, 0.2) is 16.8 Å². The summed E-state index contributed by atoms with van der Waals surface area (Å²) in [5, 5.41) is 2.94. The lowest BCUT2D eigenvalue weighted by Gasteiger charge is -2.26. The van der Waals surface area contributed by atoms with E-state index in [1.54, 1.807) is 0 Å². The van der Waals surface area contributed by atoms with Crippen LogP contribution in [-0.4, -0.2) is 36.4 Å². The van der Waals surface area contributed by atoms with Crippen LogP contribution in [0, 0.1) is 0 Å². The van der Waals surface area contributed by atoms with Crippen molar-refractivity contribution in [1.82, 2.24) is 10.2 Å². The molecule has 78 valence electrons. The third-order valence-corrected chi connectivity index (χ3v) is 2.01. The van der Waals surface area contributed by atoms with Gasteiger partial charge in [0.05, 0.1) is 13.2 Å². The molecule has 0 atom stereocenters. The number of nitrogens with zero attached hydrogens (tertiary/aromatic N) is 2. The van der Waals surface area contributed by atoms with E-state index in [1.807, 2.05) is 24.8 Å². The summed E-state index contributed by atoms with van der Waals surface area (Å²) in [4.78, 5) is 16.8. The average Bonchev–Trinajstić information content (AvgIpc) is 2.08. The second-order valence-electron chi connectivity index (χ2n) is 3.32. The number of carbonyl (C=O) groups is 1. The topological polar surface area (TPSA) is 70.7 Å². The van der Waals surface area contributed by atoms with Crippen molar-refractivity contribution in [1.29, 1.82) is 0 Å². The van der Waals surface area contributed by atoms with E-state index in [-0.39, 0.29) is 12.5 Å². The van der Waals surface area contributed by atoms with Gasteiger partial charge in [0, 0.05) is 11.4 Å². The number of nitrogens with two attached hydrogens (primary N) is 1. The maximum absolute atomic E-state index is 10.5. The van der Waals surface area contributed by atoms with Crippen molar-refractivity contribution < 1.29 is 4.79 Å². The zero-order chi connectivity index (χ0) is 10.6. The molecule has 0 aliphatic carbocycles. The van der Waals surface area contributed by atoms with Crippen molar-refractivity contribution in [3.05, 3.63) is 11.8 Å². The van der Waals surface area contributed by atoms with Gasteiger partial charge in [0.15, 0.2) is 0 Å². The highest BCUT2D eigenvalue weighted by molar-refractivity contribution is 5.93. The van der Waals surface area contributed by atoms with E-state index in [0.29, 0.717) is 13.3 Å². The zero-order valence-electron chi connectivity index (χ0n) is 8.58. The van der Waals surface area contributed by atoms with E-state index in [2.05, 4.69) is 10.3 Å². The molecule has 3 N–H and O–H groups in total. The molecule has 1 aliphatic heterocycles. The maximum Gasteiger partial charge on any atom is 0.231 e. The van der Waals surface area contributed by atoms with Gasteiger partial charge < -0.3 is 10.6 Å². The summed E-state index contributed by atoms with van der Waals surface area (Å²) in [5.41, 5.74) is 7.19. The Morgan fingerprint density at radius 2 is 2.43 bits per heavy atom. The molecule has 0 saturated heterocycles.